The van der Waals surface area contributed by atoms with Gasteiger partial charge in [0.2, 0.25) is 10.0 Å². The quantitative estimate of drug-likeness (QED) is 0.631. The Balaban J connectivity index is 1.82. The number of nitrogens with zero attached hydrogens (tertiary/aromatic N) is 1. The lowest BCUT2D eigenvalue weighted by Crippen LogP contribution is -2.23. The topological polar surface area (TPSA) is 59.1 Å². The summed E-state index contributed by atoms with van der Waals surface area (Å²) in [6.07, 6.45) is 0. The minimum atomic E-state index is -3.82. The van der Waals surface area contributed by atoms with Gasteiger partial charge in [-0.2, -0.15) is 0 Å². The van der Waals surface area contributed by atoms with Crippen LogP contribution in [0.4, 0.5) is 8.78 Å². The Morgan fingerprint density at radius 2 is 2.00 bits per heavy atom. The van der Waals surface area contributed by atoms with Crippen molar-refractivity contribution in [2.24, 2.45) is 0 Å². The summed E-state index contributed by atoms with van der Waals surface area (Å²) in [5.74, 6) is -0.613. The van der Waals surface area contributed by atoms with Crippen LogP contribution in [0.2, 0.25) is 0 Å². The van der Waals surface area contributed by atoms with Crippen molar-refractivity contribution in [1.82, 2.24) is 9.71 Å². The predicted octanol–water partition coefficient (Wildman–Crippen LogP) is 4.17. The van der Waals surface area contributed by atoms with Crippen LogP contribution in [-0.2, 0) is 16.6 Å². The Kier molecular flexibility index (Phi) is 5.38. The molecule has 132 valence electrons. The van der Waals surface area contributed by atoms with Crippen molar-refractivity contribution in [3.63, 3.8) is 0 Å². The van der Waals surface area contributed by atoms with Gasteiger partial charge in [0.25, 0.3) is 0 Å². The minimum Gasteiger partial charge on any atom is -0.230 e. The zero-order valence-electron chi connectivity index (χ0n) is 13.1. The average molecular weight is 400 g/mol. The number of hydrogen-bond donors (Lipinski definition) is 1. The Morgan fingerprint density at radius 1 is 1.20 bits per heavy atom. The summed E-state index contributed by atoms with van der Waals surface area (Å²) >= 11 is 3.02. The minimum absolute atomic E-state index is 0.0745. The lowest BCUT2D eigenvalue weighted by Gasteiger charge is -2.08. The molecule has 0 aliphatic rings. The van der Waals surface area contributed by atoms with Gasteiger partial charge in [-0.3, -0.25) is 0 Å². The molecular weight excluding hydrogens is 386 g/mol. The molecule has 9 heteroatoms. The van der Waals surface area contributed by atoms with Crippen LogP contribution in [-0.4, -0.2) is 19.2 Å². The number of thiazole rings is 1. The van der Waals surface area contributed by atoms with Crippen molar-refractivity contribution < 1.29 is 17.2 Å². The fraction of sp³-hybridized carbons (Fsp3) is 0.188. The third-order valence-corrected chi connectivity index (χ3v) is 6.83. The highest BCUT2D eigenvalue weighted by molar-refractivity contribution is 8.01. The summed E-state index contributed by atoms with van der Waals surface area (Å²) in [6.45, 7) is 1.76. The lowest BCUT2D eigenvalue weighted by molar-refractivity contribution is 0.562. The molecular formula is C16H14F2N2O2S3. The maximum Gasteiger partial charge on any atom is 0.240 e. The number of nitrogens with one attached hydrogen (secondary N) is 1. The molecule has 1 aromatic heterocycles. The first-order valence-electron chi connectivity index (χ1n) is 7.36. The van der Waals surface area contributed by atoms with E-state index in [4.69, 9.17) is 0 Å². The molecule has 0 atom stereocenters. The number of hydrogen-bond acceptors (Lipinski definition) is 5. The fourth-order valence-electron chi connectivity index (χ4n) is 2.16. The van der Waals surface area contributed by atoms with Crippen LogP contribution >= 0.6 is 23.1 Å². The number of halogens is 2. The molecule has 1 heterocycles. The van der Waals surface area contributed by atoms with Gasteiger partial charge in [-0.15, -0.1) is 11.3 Å². The molecule has 0 radical (unpaired) electrons. The van der Waals surface area contributed by atoms with Crippen molar-refractivity contribution in [2.75, 3.05) is 5.75 Å². The van der Waals surface area contributed by atoms with Gasteiger partial charge in [-0.25, -0.2) is 26.9 Å². The van der Waals surface area contributed by atoms with E-state index in [1.807, 2.05) is 6.92 Å². The Hall–Kier alpha value is -1.55. The first kappa shape index (κ1) is 18.2. The molecule has 0 bridgehead atoms. The molecule has 0 unspecified atom stereocenters. The summed E-state index contributed by atoms with van der Waals surface area (Å²) < 4.78 is 55.4. The fourth-order valence-corrected chi connectivity index (χ4v) is 5.27. The van der Waals surface area contributed by atoms with Gasteiger partial charge in [-0.05, 0) is 30.0 Å². The molecule has 1 N–H and O–H groups in total. The molecule has 0 saturated heterocycles. The molecule has 0 aliphatic carbocycles. The van der Waals surface area contributed by atoms with Crippen molar-refractivity contribution in [2.45, 2.75) is 22.7 Å². The maximum absolute atomic E-state index is 13.6. The second-order valence-electron chi connectivity index (χ2n) is 5.10. The number of rotatable bonds is 6. The molecule has 0 spiro atoms. The van der Waals surface area contributed by atoms with Gasteiger partial charge in [-0.1, -0.05) is 24.8 Å². The van der Waals surface area contributed by atoms with E-state index < -0.39 is 21.7 Å². The lowest BCUT2D eigenvalue weighted by atomic mass is 10.2. The average Bonchev–Trinajstić information content (AvgIpc) is 2.96. The summed E-state index contributed by atoms with van der Waals surface area (Å²) in [4.78, 5) is 4.50. The second kappa shape index (κ2) is 7.36. The summed E-state index contributed by atoms with van der Waals surface area (Å²) in [5.41, 5.74) is 0.815. The van der Waals surface area contributed by atoms with Crippen LogP contribution in [0.25, 0.3) is 10.2 Å². The first-order chi connectivity index (χ1) is 11.9. The van der Waals surface area contributed by atoms with E-state index in [2.05, 4.69) is 9.71 Å². The van der Waals surface area contributed by atoms with E-state index in [9.17, 15) is 17.2 Å². The van der Waals surface area contributed by atoms with E-state index in [1.165, 1.54) is 23.5 Å². The molecule has 0 fully saturated rings. The number of fused-ring (bicyclic) bond motifs is 1. The number of sulfonamides is 1. The number of benzene rings is 2. The van der Waals surface area contributed by atoms with Crippen molar-refractivity contribution >= 4 is 43.3 Å². The molecule has 3 aromatic rings. The van der Waals surface area contributed by atoms with Gasteiger partial charge in [0, 0.05) is 18.2 Å². The van der Waals surface area contributed by atoms with Crippen molar-refractivity contribution in [1.29, 1.82) is 0 Å². The second-order valence-corrected chi connectivity index (χ2v) is 9.41. The van der Waals surface area contributed by atoms with Crippen LogP contribution in [0, 0.1) is 11.6 Å². The molecule has 4 nitrogen and oxygen atoms in total. The highest BCUT2D eigenvalue weighted by Crippen LogP contribution is 2.30. The molecule has 25 heavy (non-hydrogen) atoms. The van der Waals surface area contributed by atoms with E-state index in [1.54, 1.807) is 23.9 Å². The van der Waals surface area contributed by atoms with Crippen LogP contribution in [0.15, 0.2) is 45.6 Å². The smallest absolute Gasteiger partial charge is 0.230 e. The van der Waals surface area contributed by atoms with E-state index in [-0.39, 0.29) is 17.0 Å². The van der Waals surface area contributed by atoms with Gasteiger partial charge in [0.15, 0.2) is 4.34 Å². The van der Waals surface area contributed by atoms with Crippen LogP contribution in [0.3, 0.4) is 0 Å². The largest absolute Gasteiger partial charge is 0.240 e. The van der Waals surface area contributed by atoms with Gasteiger partial charge < -0.3 is 0 Å². The van der Waals surface area contributed by atoms with Crippen LogP contribution in [0.1, 0.15) is 12.5 Å². The molecule has 0 saturated carbocycles. The third kappa shape index (κ3) is 4.17. The Bertz CT molecular complexity index is 1020. The highest BCUT2D eigenvalue weighted by Gasteiger charge is 2.17. The monoisotopic (exact) mass is 400 g/mol. The summed E-state index contributed by atoms with van der Waals surface area (Å²) in [7, 11) is -3.82. The zero-order chi connectivity index (χ0) is 18.0. The van der Waals surface area contributed by atoms with Crippen LogP contribution < -0.4 is 4.72 Å². The van der Waals surface area contributed by atoms with Crippen molar-refractivity contribution in [3.8, 4) is 0 Å². The number of aromatic nitrogens is 1. The highest BCUT2D eigenvalue weighted by atomic mass is 32.2. The van der Waals surface area contributed by atoms with Gasteiger partial charge in [0.1, 0.15) is 11.6 Å². The Labute approximate surface area is 152 Å². The third-order valence-electron chi connectivity index (χ3n) is 3.39. The van der Waals surface area contributed by atoms with Crippen molar-refractivity contribution in [3.05, 3.63) is 53.6 Å². The molecule has 3 rings (SSSR count). The van der Waals surface area contributed by atoms with E-state index >= 15 is 0 Å². The zero-order valence-corrected chi connectivity index (χ0v) is 15.6. The summed E-state index contributed by atoms with van der Waals surface area (Å²) in [6, 6.07) is 7.69. The number of thioether (sulfide) groups is 1. The standard InChI is InChI=1S/C16H14F2N2O2S3/c1-2-23-16-20-14-6-5-12(8-15(14)24-16)25(21,22)19-9-10-3-4-11(17)7-13(10)18/h3-8,19H,2,9H2,1H3. The molecule has 0 aliphatic heterocycles. The SMILES string of the molecule is CCSc1nc2ccc(S(=O)(=O)NCc3ccc(F)cc3F)cc2s1. The van der Waals surface area contributed by atoms with Crippen LogP contribution in [0.5, 0.6) is 0 Å². The summed E-state index contributed by atoms with van der Waals surface area (Å²) in [5, 5.41) is 0. The maximum atomic E-state index is 13.6. The molecule has 0 amide bonds. The van der Waals surface area contributed by atoms with E-state index in [0.29, 0.717) is 0 Å². The predicted molar refractivity (Wildman–Crippen MR) is 96.4 cm³/mol. The van der Waals surface area contributed by atoms with Gasteiger partial charge >= 0.3 is 0 Å². The first-order valence-corrected chi connectivity index (χ1v) is 10.6. The molecule has 2 aromatic carbocycles. The normalized spacial score (nSPS) is 12.0. The van der Waals surface area contributed by atoms with Gasteiger partial charge in [0.05, 0.1) is 15.1 Å². The Morgan fingerprint density at radius 3 is 2.72 bits per heavy atom. The van der Waals surface area contributed by atoms with E-state index in [0.717, 1.165) is 32.4 Å².